The van der Waals surface area contributed by atoms with Crippen molar-refractivity contribution in [3.63, 3.8) is 0 Å². The topological polar surface area (TPSA) is 124 Å². The monoisotopic (exact) mass is 317 g/mol. The number of benzene rings is 1. The van der Waals surface area contributed by atoms with Gasteiger partial charge in [-0.25, -0.2) is 12.8 Å². The summed E-state index contributed by atoms with van der Waals surface area (Å²) in [6.07, 6.45) is 0. The Bertz CT molecular complexity index is 649. The smallest absolute Gasteiger partial charge is 0.244 e. The average Bonchev–Trinajstić information content (AvgIpc) is 2.24. The lowest BCUT2D eigenvalue weighted by Crippen LogP contribution is -2.43. The summed E-state index contributed by atoms with van der Waals surface area (Å²) in [4.78, 5) is 21.8. The summed E-state index contributed by atoms with van der Waals surface area (Å²) in [5.41, 5.74) is 10.3. The van der Waals surface area contributed by atoms with E-state index in [0.717, 1.165) is 12.1 Å². The van der Waals surface area contributed by atoms with Crippen molar-refractivity contribution in [3.8, 4) is 0 Å². The predicted molar refractivity (Wildman–Crippen MR) is 73.0 cm³/mol. The molecule has 7 nitrogen and oxygen atoms in total. The number of halogens is 1. The van der Waals surface area contributed by atoms with Crippen LogP contribution in [0, 0.1) is 19.7 Å². The van der Waals surface area contributed by atoms with Crippen LogP contribution in [0.4, 0.5) is 4.39 Å². The zero-order valence-electron chi connectivity index (χ0n) is 11.6. The average molecular weight is 317 g/mol. The van der Waals surface area contributed by atoms with Crippen LogP contribution in [0.1, 0.15) is 11.1 Å². The van der Waals surface area contributed by atoms with Gasteiger partial charge >= 0.3 is 0 Å². The first kappa shape index (κ1) is 17.1. The van der Waals surface area contributed by atoms with E-state index in [1.807, 2.05) is 0 Å². The van der Waals surface area contributed by atoms with Crippen molar-refractivity contribution < 1.29 is 22.4 Å². The number of nitrogens with zero attached hydrogens (tertiary/aromatic N) is 1. The van der Waals surface area contributed by atoms with Crippen LogP contribution in [0.15, 0.2) is 17.0 Å². The molecule has 2 amide bonds. The van der Waals surface area contributed by atoms with Crippen LogP contribution < -0.4 is 11.5 Å². The standard InChI is InChI=1S/C12H16FN3O4S/c1-7-3-9(13)4-8(2)12(7)21(19,20)16(5-10(14)17)6-11(15)18/h3-4H,5-6H2,1-2H3,(H2,14,17)(H2,15,18). The number of hydrogen-bond acceptors (Lipinski definition) is 4. The second kappa shape index (κ2) is 6.19. The molecule has 0 unspecified atom stereocenters. The van der Waals surface area contributed by atoms with Crippen molar-refractivity contribution in [1.29, 1.82) is 0 Å². The molecule has 0 heterocycles. The maximum atomic E-state index is 13.3. The van der Waals surface area contributed by atoms with Crippen molar-refractivity contribution in [1.82, 2.24) is 4.31 Å². The van der Waals surface area contributed by atoms with Gasteiger partial charge in [-0.3, -0.25) is 9.59 Å². The molecule has 1 aromatic carbocycles. The number of rotatable bonds is 6. The van der Waals surface area contributed by atoms with E-state index in [-0.39, 0.29) is 16.0 Å². The first-order valence-corrected chi connectivity index (χ1v) is 7.33. The molecule has 0 atom stereocenters. The molecule has 0 fully saturated rings. The Balaban J connectivity index is 3.42. The number of carbonyl (C=O) groups is 2. The third-order valence-electron chi connectivity index (χ3n) is 2.69. The highest BCUT2D eigenvalue weighted by atomic mass is 32.2. The van der Waals surface area contributed by atoms with Gasteiger partial charge in [0.05, 0.1) is 18.0 Å². The summed E-state index contributed by atoms with van der Waals surface area (Å²) in [7, 11) is -4.20. The molecule has 21 heavy (non-hydrogen) atoms. The lowest BCUT2D eigenvalue weighted by molar-refractivity contribution is -0.120. The summed E-state index contributed by atoms with van der Waals surface area (Å²) in [6, 6.07) is 2.10. The van der Waals surface area contributed by atoms with Crippen LogP contribution in [0.2, 0.25) is 0 Å². The predicted octanol–water partition coefficient (Wildman–Crippen LogP) is -0.596. The summed E-state index contributed by atoms with van der Waals surface area (Å²) >= 11 is 0. The molecular formula is C12H16FN3O4S. The summed E-state index contributed by atoms with van der Waals surface area (Å²) in [5, 5.41) is 0. The molecule has 0 saturated heterocycles. The number of hydrogen-bond donors (Lipinski definition) is 2. The fourth-order valence-corrected chi connectivity index (χ4v) is 3.79. The molecule has 1 rings (SSSR count). The van der Waals surface area contributed by atoms with E-state index in [1.54, 1.807) is 0 Å². The Morgan fingerprint density at radius 2 is 1.48 bits per heavy atom. The Morgan fingerprint density at radius 1 is 1.10 bits per heavy atom. The zero-order chi connectivity index (χ0) is 16.4. The van der Waals surface area contributed by atoms with Crippen LogP contribution in [0.5, 0.6) is 0 Å². The molecule has 4 N–H and O–H groups in total. The SMILES string of the molecule is Cc1cc(F)cc(C)c1S(=O)(=O)N(CC(N)=O)CC(N)=O. The van der Waals surface area contributed by atoms with E-state index in [4.69, 9.17) is 11.5 Å². The fraction of sp³-hybridized carbons (Fsp3) is 0.333. The van der Waals surface area contributed by atoms with E-state index in [2.05, 4.69) is 0 Å². The Kier molecular flexibility index (Phi) is 5.02. The maximum Gasteiger partial charge on any atom is 0.244 e. The highest BCUT2D eigenvalue weighted by Crippen LogP contribution is 2.24. The van der Waals surface area contributed by atoms with E-state index in [0.29, 0.717) is 4.31 Å². The van der Waals surface area contributed by atoms with Crippen molar-refractivity contribution >= 4 is 21.8 Å². The second-order valence-electron chi connectivity index (χ2n) is 4.57. The minimum atomic E-state index is -4.20. The van der Waals surface area contributed by atoms with Gasteiger partial charge < -0.3 is 11.5 Å². The third kappa shape index (κ3) is 3.99. The van der Waals surface area contributed by atoms with E-state index in [1.165, 1.54) is 13.8 Å². The Morgan fingerprint density at radius 3 is 1.81 bits per heavy atom. The van der Waals surface area contributed by atoms with Gasteiger partial charge in [0.2, 0.25) is 21.8 Å². The number of nitrogens with two attached hydrogens (primary N) is 2. The van der Waals surface area contributed by atoms with Gasteiger partial charge in [0.15, 0.2) is 0 Å². The lowest BCUT2D eigenvalue weighted by atomic mass is 10.1. The van der Waals surface area contributed by atoms with E-state index >= 15 is 0 Å². The molecule has 116 valence electrons. The molecule has 0 saturated carbocycles. The van der Waals surface area contributed by atoms with Crippen LogP contribution in [-0.4, -0.2) is 37.6 Å². The van der Waals surface area contributed by atoms with Crippen LogP contribution in [0.25, 0.3) is 0 Å². The zero-order valence-corrected chi connectivity index (χ0v) is 12.4. The van der Waals surface area contributed by atoms with Crippen molar-refractivity contribution in [2.45, 2.75) is 18.7 Å². The van der Waals surface area contributed by atoms with Crippen LogP contribution in [-0.2, 0) is 19.6 Å². The summed E-state index contributed by atoms with van der Waals surface area (Å²) in [5.74, 6) is -2.45. The van der Waals surface area contributed by atoms with Crippen LogP contribution >= 0.6 is 0 Å². The molecule has 0 radical (unpaired) electrons. The number of sulfonamides is 1. The summed E-state index contributed by atoms with van der Waals surface area (Å²) < 4.78 is 38.9. The number of aryl methyl sites for hydroxylation is 2. The van der Waals surface area contributed by atoms with Gasteiger partial charge in [-0.05, 0) is 37.1 Å². The quantitative estimate of drug-likeness (QED) is 0.727. The first-order valence-electron chi connectivity index (χ1n) is 5.89. The van der Waals surface area contributed by atoms with E-state index < -0.39 is 40.7 Å². The number of amides is 2. The molecule has 0 aromatic heterocycles. The van der Waals surface area contributed by atoms with Gasteiger partial charge in [-0.1, -0.05) is 0 Å². The normalized spacial score (nSPS) is 11.6. The van der Waals surface area contributed by atoms with E-state index in [9.17, 15) is 22.4 Å². The summed E-state index contributed by atoms with van der Waals surface area (Å²) in [6.45, 7) is 1.44. The number of primary amides is 2. The van der Waals surface area contributed by atoms with Gasteiger partial charge in [0.25, 0.3) is 0 Å². The highest BCUT2D eigenvalue weighted by molar-refractivity contribution is 7.89. The van der Waals surface area contributed by atoms with Gasteiger partial charge in [0, 0.05) is 0 Å². The molecule has 0 aliphatic carbocycles. The molecule has 0 aliphatic heterocycles. The minimum Gasteiger partial charge on any atom is -0.369 e. The van der Waals surface area contributed by atoms with Gasteiger partial charge in [-0.15, -0.1) is 0 Å². The molecule has 0 aliphatic rings. The lowest BCUT2D eigenvalue weighted by Gasteiger charge is -2.21. The Hall–Kier alpha value is -2.00. The largest absolute Gasteiger partial charge is 0.369 e. The third-order valence-corrected chi connectivity index (χ3v) is 4.79. The molecular weight excluding hydrogens is 301 g/mol. The maximum absolute atomic E-state index is 13.3. The first-order chi connectivity index (χ1) is 9.55. The molecule has 0 bridgehead atoms. The van der Waals surface area contributed by atoms with Crippen molar-refractivity contribution in [2.24, 2.45) is 11.5 Å². The number of carbonyl (C=O) groups excluding carboxylic acids is 2. The minimum absolute atomic E-state index is 0.159. The molecule has 0 spiro atoms. The second-order valence-corrected chi connectivity index (χ2v) is 6.45. The molecule has 9 heteroatoms. The van der Waals surface area contributed by atoms with Gasteiger partial charge in [0.1, 0.15) is 5.82 Å². The highest BCUT2D eigenvalue weighted by Gasteiger charge is 2.30. The molecule has 1 aromatic rings. The van der Waals surface area contributed by atoms with Crippen LogP contribution in [0.3, 0.4) is 0 Å². The van der Waals surface area contributed by atoms with Gasteiger partial charge in [-0.2, -0.15) is 4.31 Å². The fourth-order valence-electron chi connectivity index (χ4n) is 2.01. The van der Waals surface area contributed by atoms with Crippen molar-refractivity contribution in [3.05, 3.63) is 29.1 Å². The Labute approximate surface area is 121 Å². The van der Waals surface area contributed by atoms with Crippen molar-refractivity contribution in [2.75, 3.05) is 13.1 Å².